The Labute approximate surface area is 98.3 Å². The molecule has 1 rings (SSSR count). The van der Waals surface area contributed by atoms with Gasteiger partial charge in [0.2, 0.25) is 5.91 Å². The van der Waals surface area contributed by atoms with Gasteiger partial charge >= 0.3 is 0 Å². The SMILES string of the molecule is COC1CCN(C(=O)CCNC(C)C)CC1. The van der Waals surface area contributed by atoms with Crippen LogP contribution in [-0.4, -0.2) is 49.7 Å². The fourth-order valence-electron chi connectivity index (χ4n) is 1.97. The van der Waals surface area contributed by atoms with Crippen LogP contribution in [0.1, 0.15) is 33.1 Å². The maximum absolute atomic E-state index is 11.8. The molecule has 1 saturated heterocycles. The summed E-state index contributed by atoms with van der Waals surface area (Å²) in [6.07, 6.45) is 2.90. The fraction of sp³-hybridized carbons (Fsp3) is 0.917. The third-order valence-corrected chi connectivity index (χ3v) is 3.02. The largest absolute Gasteiger partial charge is 0.381 e. The highest BCUT2D eigenvalue weighted by molar-refractivity contribution is 5.76. The normalized spacial score (nSPS) is 18.1. The van der Waals surface area contributed by atoms with Crippen molar-refractivity contribution in [3.8, 4) is 0 Å². The molecule has 0 aromatic rings. The minimum atomic E-state index is 0.266. The molecule has 0 atom stereocenters. The van der Waals surface area contributed by atoms with Crippen LogP contribution in [0.2, 0.25) is 0 Å². The molecule has 1 aliphatic heterocycles. The number of carbonyl (C=O) groups excluding carboxylic acids is 1. The fourth-order valence-corrected chi connectivity index (χ4v) is 1.97. The molecule has 1 heterocycles. The van der Waals surface area contributed by atoms with Crippen LogP contribution >= 0.6 is 0 Å². The van der Waals surface area contributed by atoms with Crippen molar-refractivity contribution in [1.82, 2.24) is 10.2 Å². The first-order valence-corrected chi connectivity index (χ1v) is 6.17. The van der Waals surface area contributed by atoms with Crippen LogP contribution in [0.4, 0.5) is 0 Å². The van der Waals surface area contributed by atoms with E-state index in [2.05, 4.69) is 19.2 Å². The number of nitrogens with one attached hydrogen (secondary N) is 1. The average molecular weight is 228 g/mol. The number of nitrogens with zero attached hydrogens (tertiary/aromatic N) is 1. The van der Waals surface area contributed by atoms with Gasteiger partial charge in [0.15, 0.2) is 0 Å². The van der Waals surface area contributed by atoms with E-state index < -0.39 is 0 Å². The van der Waals surface area contributed by atoms with Gasteiger partial charge in [-0.05, 0) is 12.8 Å². The molecule has 0 saturated carbocycles. The van der Waals surface area contributed by atoms with Crippen molar-refractivity contribution in [2.24, 2.45) is 0 Å². The van der Waals surface area contributed by atoms with Crippen molar-refractivity contribution in [2.45, 2.75) is 45.3 Å². The predicted octanol–water partition coefficient (Wildman–Crippen LogP) is 1.01. The Balaban J connectivity index is 2.18. The Kier molecular flexibility index (Phi) is 5.77. The number of carbonyl (C=O) groups is 1. The first kappa shape index (κ1) is 13.5. The topological polar surface area (TPSA) is 41.6 Å². The Bertz CT molecular complexity index is 211. The van der Waals surface area contributed by atoms with Gasteiger partial charge in [0.05, 0.1) is 6.10 Å². The molecule has 1 fully saturated rings. The van der Waals surface area contributed by atoms with Crippen molar-refractivity contribution in [3.63, 3.8) is 0 Å². The molecule has 0 aliphatic carbocycles. The van der Waals surface area contributed by atoms with E-state index in [1.165, 1.54) is 0 Å². The van der Waals surface area contributed by atoms with E-state index in [0.717, 1.165) is 32.5 Å². The lowest BCUT2D eigenvalue weighted by molar-refractivity contribution is -0.133. The molecular weight excluding hydrogens is 204 g/mol. The van der Waals surface area contributed by atoms with Crippen LogP contribution in [0.3, 0.4) is 0 Å². The van der Waals surface area contributed by atoms with E-state index >= 15 is 0 Å². The van der Waals surface area contributed by atoms with Crippen LogP contribution in [0, 0.1) is 0 Å². The summed E-state index contributed by atoms with van der Waals surface area (Å²) in [7, 11) is 1.74. The zero-order chi connectivity index (χ0) is 12.0. The van der Waals surface area contributed by atoms with Crippen LogP contribution in [0.15, 0.2) is 0 Å². The number of hydrogen-bond acceptors (Lipinski definition) is 3. The molecular formula is C12H24N2O2. The smallest absolute Gasteiger partial charge is 0.223 e. The summed E-state index contributed by atoms with van der Waals surface area (Å²) in [4.78, 5) is 13.8. The number of rotatable bonds is 5. The first-order chi connectivity index (χ1) is 7.63. The summed E-state index contributed by atoms with van der Waals surface area (Å²) < 4.78 is 5.28. The first-order valence-electron chi connectivity index (χ1n) is 6.17. The van der Waals surface area contributed by atoms with Crippen LogP contribution in [-0.2, 0) is 9.53 Å². The average Bonchev–Trinajstić information content (AvgIpc) is 2.28. The van der Waals surface area contributed by atoms with Crippen molar-refractivity contribution >= 4 is 5.91 Å². The summed E-state index contributed by atoms with van der Waals surface area (Å²) >= 11 is 0. The van der Waals surface area contributed by atoms with Gasteiger partial charge in [-0.25, -0.2) is 0 Å². The molecule has 1 N–H and O–H groups in total. The molecule has 0 bridgehead atoms. The van der Waals surface area contributed by atoms with Gasteiger partial charge in [-0.3, -0.25) is 4.79 Å². The summed E-state index contributed by atoms with van der Waals surface area (Å²) in [6.45, 7) is 6.65. The number of methoxy groups -OCH3 is 1. The lowest BCUT2D eigenvalue weighted by atomic mass is 10.1. The zero-order valence-electron chi connectivity index (χ0n) is 10.7. The third kappa shape index (κ3) is 4.49. The molecule has 1 amide bonds. The standard InChI is InChI=1S/C12H24N2O2/c1-10(2)13-7-4-12(15)14-8-5-11(16-3)6-9-14/h10-11,13H,4-9H2,1-3H3. The molecule has 4 nitrogen and oxygen atoms in total. The number of piperidine rings is 1. The van der Waals surface area contributed by atoms with Gasteiger partial charge in [-0.1, -0.05) is 13.8 Å². The van der Waals surface area contributed by atoms with Gasteiger partial charge < -0.3 is 15.0 Å². The van der Waals surface area contributed by atoms with Crippen molar-refractivity contribution < 1.29 is 9.53 Å². The maximum Gasteiger partial charge on any atom is 0.223 e. The lowest BCUT2D eigenvalue weighted by Gasteiger charge is -2.31. The van der Waals surface area contributed by atoms with Crippen molar-refractivity contribution in [3.05, 3.63) is 0 Å². The molecule has 0 unspecified atom stereocenters. The quantitative estimate of drug-likeness (QED) is 0.763. The summed E-state index contributed by atoms with van der Waals surface area (Å²) in [5.74, 6) is 0.266. The van der Waals surface area contributed by atoms with Crippen molar-refractivity contribution in [2.75, 3.05) is 26.7 Å². The Morgan fingerprint density at radius 1 is 1.44 bits per heavy atom. The second kappa shape index (κ2) is 6.86. The molecule has 0 spiro atoms. The molecule has 0 aromatic heterocycles. The Hall–Kier alpha value is -0.610. The van der Waals surface area contributed by atoms with Gasteiger partial charge in [0.25, 0.3) is 0 Å². The van der Waals surface area contributed by atoms with Crippen LogP contribution < -0.4 is 5.32 Å². The molecule has 0 radical (unpaired) electrons. The highest BCUT2D eigenvalue weighted by atomic mass is 16.5. The molecule has 16 heavy (non-hydrogen) atoms. The highest BCUT2D eigenvalue weighted by Crippen LogP contribution is 2.13. The lowest BCUT2D eigenvalue weighted by Crippen LogP contribution is -2.41. The monoisotopic (exact) mass is 228 g/mol. The van der Waals surface area contributed by atoms with Crippen molar-refractivity contribution in [1.29, 1.82) is 0 Å². The number of ether oxygens (including phenoxy) is 1. The number of amides is 1. The number of hydrogen-bond donors (Lipinski definition) is 1. The Morgan fingerprint density at radius 2 is 2.06 bits per heavy atom. The number of likely N-dealkylation sites (tertiary alicyclic amines) is 1. The zero-order valence-corrected chi connectivity index (χ0v) is 10.7. The molecule has 94 valence electrons. The second-order valence-corrected chi connectivity index (χ2v) is 4.67. The van der Waals surface area contributed by atoms with E-state index in [-0.39, 0.29) is 5.91 Å². The van der Waals surface area contributed by atoms with E-state index in [4.69, 9.17) is 4.74 Å². The van der Waals surface area contributed by atoms with Crippen LogP contribution in [0.5, 0.6) is 0 Å². The predicted molar refractivity (Wildman–Crippen MR) is 64.4 cm³/mol. The molecule has 0 aromatic carbocycles. The second-order valence-electron chi connectivity index (χ2n) is 4.67. The summed E-state index contributed by atoms with van der Waals surface area (Å²) in [5, 5.41) is 3.26. The van der Waals surface area contributed by atoms with Gasteiger partial charge in [-0.15, -0.1) is 0 Å². The minimum absolute atomic E-state index is 0.266. The Morgan fingerprint density at radius 3 is 2.56 bits per heavy atom. The molecule has 1 aliphatic rings. The maximum atomic E-state index is 11.8. The van der Waals surface area contributed by atoms with E-state index in [1.807, 2.05) is 4.90 Å². The third-order valence-electron chi connectivity index (χ3n) is 3.02. The van der Waals surface area contributed by atoms with E-state index in [0.29, 0.717) is 18.6 Å². The summed E-state index contributed by atoms with van der Waals surface area (Å²) in [6, 6.07) is 0.451. The van der Waals surface area contributed by atoms with Gasteiger partial charge in [0.1, 0.15) is 0 Å². The van der Waals surface area contributed by atoms with Crippen LogP contribution in [0.25, 0.3) is 0 Å². The minimum Gasteiger partial charge on any atom is -0.381 e. The van der Waals surface area contributed by atoms with E-state index in [9.17, 15) is 4.79 Å². The molecule has 4 heteroatoms. The summed E-state index contributed by atoms with van der Waals surface area (Å²) in [5.41, 5.74) is 0. The van der Waals surface area contributed by atoms with E-state index in [1.54, 1.807) is 7.11 Å². The van der Waals surface area contributed by atoms with Gasteiger partial charge in [0, 0.05) is 39.2 Å². The van der Waals surface area contributed by atoms with Gasteiger partial charge in [-0.2, -0.15) is 0 Å². The highest BCUT2D eigenvalue weighted by Gasteiger charge is 2.21.